The number of likely N-dealkylation sites (N-methyl/N-ethyl adjacent to an activating group) is 1. The first-order chi connectivity index (χ1) is 9.67. The molecule has 1 rings (SSSR count). The molecule has 1 N–H and O–H groups in total. The van der Waals surface area contributed by atoms with Gasteiger partial charge < -0.3 is 14.7 Å². The molecule has 21 heavy (non-hydrogen) atoms. The molecule has 5 nitrogen and oxygen atoms in total. The Morgan fingerprint density at radius 3 is 2.33 bits per heavy atom. The number of carboxylic acids is 1. The summed E-state index contributed by atoms with van der Waals surface area (Å²) in [5.41, 5.74) is -0.237. The van der Waals surface area contributed by atoms with E-state index in [2.05, 4.69) is 4.74 Å². The van der Waals surface area contributed by atoms with Crippen molar-refractivity contribution in [3.8, 4) is 5.75 Å². The van der Waals surface area contributed by atoms with Crippen molar-refractivity contribution in [3.05, 3.63) is 29.8 Å². The van der Waals surface area contributed by atoms with E-state index in [4.69, 9.17) is 0 Å². The Balaban J connectivity index is 3.32. The molecule has 0 aliphatic heterocycles. The first kappa shape index (κ1) is 16.8. The number of nitrogens with zero attached hydrogens (tertiary/aromatic N) is 1. The summed E-state index contributed by atoms with van der Waals surface area (Å²) in [7, 11) is 0. The highest BCUT2D eigenvalue weighted by molar-refractivity contribution is 5.84. The maximum atomic E-state index is 12.4. The van der Waals surface area contributed by atoms with Crippen LogP contribution in [0.5, 0.6) is 5.75 Å². The number of rotatable bonds is 5. The number of hydrogen-bond donors (Lipinski definition) is 1. The van der Waals surface area contributed by atoms with Gasteiger partial charge in [-0.3, -0.25) is 4.79 Å². The van der Waals surface area contributed by atoms with Crippen molar-refractivity contribution in [3.63, 3.8) is 0 Å². The second kappa shape index (κ2) is 6.47. The molecule has 1 aromatic rings. The van der Waals surface area contributed by atoms with Gasteiger partial charge in [-0.1, -0.05) is 18.2 Å². The zero-order chi connectivity index (χ0) is 16.2. The van der Waals surface area contributed by atoms with Crippen LogP contribution in [0.25, 0.3) is 0 Å². The van der Waals surface area contributed by atoms with Crippen LogP contribution in [-0.4, -0.2) is 34.8 Å². The highest BCUT2D eigenvalue weighted by Crippen LogP contribution is 2.33. The summed E-state index contributed by atoms with van der Waals surface area (Å²) < 4.78 is 41.0. The van der Waals surface area contributed by atoms with Crippen LogP contribution in [0.2, 0.25) is 0 Å². The molecule has 116 valence electrons. The van der Waals surface area contributed by atoms with Crippen LogP contribution in [0.4, 0.5) is 13.2 Å². The third-order valence-corrected chi connectivity index (χ3v) is 2.73. The molecular formula is C13H14F3NO4. The van der Waals surface area contributed by atoms with Gasteiger partial charge in [0, 0.05) is 19.0 Å². The fourth-order valence-corrected chi connectivity index (χ4v) is 1.95. The largest absolute Gasteiger partial charge is 0.573 e. The van der Waals surface area contributed by atoms with Crippen LogP contribution < -0.4 is 4.74 Å². The van der Waals surface area contributed by atoms with Gasteiger partial charge in [0.15, 0.2) is 6.04 Å². The van der Waals surface area contributed by atoms with Gasteiger partial charge in [-0.2, -0.15) is 0 Å². The summed E-state index contributed by atoms with van der Waals surface area (Å²) in [5.74, 6) is -2.64. The first-order valence-electron chi connectivity index (χ1n) is 6.02. The zero-order valence-electron chi connectivity index (χ0n) is 11.3. The Hall–Kier alpha value is -2.25. The minimum Gasteiger partial charge on any atom is -0.479 e. The molecule has 0 bridgehead atoms. The normalized spacial score (nSPS) is 12.6. The fourth-order valence-electron chi connectivity index (χ4n) is 1.95. The number of alkyl halides is 3. The van der Waals surface area contributed by atoms with Crippen LogP contribution in [-0.2, 0) is 9.59 Å². The quantitative estimate of drug-likeness (QED) is 0.908. The molecule has 0 aliphatic rings. The van der Waals surface area contributed by atoms with Crippen LogP contribution in [0, 0.1) is 0 Å². The number of carboxylic acid groups (broad SMARTS) is 1. The third kappa shape index (κ3) is 4.37. The molecule has 1 amide bonds. The number of halogens is 3. The lowest BCUT2D eigenvalue weighted by Gasteiger charge is -2.28. The summed E-state index contributed by atoms with van der Waals surface area (Å²) in [5, 5.41) is 9.27. The van der Waals surface area contributed by atoms with E-state index in [0.717, 1.165) is 17.9 Å². The van der Waals surface area contributed by atoms with Gasteiger partial charge in [0.2, 0.25) is 5.91 Å². The Kier molecular flexibility index (Phi) is 5.17. The van der Waals surface area contributed by atoms with Crippen molar-refractivity contribution >= 4 is 11.9 Å². The van der Waals surface area contributed by atoms with E-state index in [1.54, 1.807) is 0 Å². The summed E-state index contributed by atoms with van der Waals surface area (Å²) >= 11 is 0. The molecular weight excluding hydrogens is 291 g/mol. The predicted molar refractivity (Wildman–Crippen MR) is 66.6 cm³/mol. The number of benzene rings is 1. The number of amides is 1. The average Bonchev–Trinajstić information content (AvgIpc) is 2.34. The summed E-state index contributed by atoms with van der Waals surface area (Å²) in [6, 6.07) is 3.31. The lowest BCUT2D eigenvalue weighted by Crippen LogP contribution is -2.38. The Bertz CT molecular complexity index is 530. The average molecular weight is 305 g/mol. The van der Waals surface area contributed by atoms with Crippen molar-refractivity contribution in [1.82, 2.24) is 4.90 Å². The smallest absolute Gasteiger partial charge is 0.479 e. The van der Waals surface area contributed by atoms with Crippen molar-refractivity contribution in [2.45, 2.75) is 26.3 Å². The molecule has 1 aromatic carbocycles. The highest BCUT2D eigenvalue weighted by Gasteiger charge is 2.36. The molecule has 0 fully saturated rings. The van der Waals surface area contributed by atoms with Gasteiger partial charge in [-0.25, -0.2) is 4.79 Å². The molecule has 0 heterocycles. The number of hydrogen-bond acceptors (Lipinski definition) is 3. The molecule has 0 radical (unpaired) electrons. The van der Waals surface area contributed by atoms with Crippen LogP contribution in [0.1, 0.15) is 25.5 Å². The lowest BCUT2D eigenvalue weighted by molar-refractivity contribution is -0.275. The molecule has 0 aliphatic carbocycles. The molecule has 1 atom stereocenters. The topological polar surface area (TPSA) is 66.8 Å². The number of aliphatic carboxylic acids is 1. The third-order valence-electron chi connectivity index (χ3n) is 2.73. The van der Waals surface area contributed by atoms with E-state index in [1.807, 2.05) is 0 Å². The number of carbonyl (C=O) groups excluding carboxylic acids is 1. The molecule has 1 unspecified atom stereocenters. The fraction of sp³-hybridized carbons (Fsp3) is 0.385. The van der Waals surface area contributed by atoms with Gasteiger partial charge in [0.25, 0.3) is 0 Å². The van der Waals surface area contributed by atoms with Crippen LogP contribution >= 0.6 is 0 Å². The number of carbonyl (C=O) groups is 2. The SMILES string of the molecule is CCN(C(C)=O)C(C(=O)O)c1ccccc1OC(F)(F)F. The maximum absolute atomic E-state index is 12.4. The van der Waals surface area contributed by atoms with Gasteiger partial charge in [-0.05, 0) is 13.0 Å². The number of ether oxygens (including phenoxy) is 1. The lowest BCUT2D eigenvalue weighted by atomic mass is 10.0. The maximum Gasteiger partial charge on any atom is 0.573 e. The van der Waals surface area contributed by atoms with Crippen molar-refractivity contribution in [1.29, 1.82) is 0 Å². The second-order valence-electron chi connectivity index (χ2n) is 4.13. The molecule has 0 saturated carbocycles. The van der Waals surface area contributed by atoms with Gasteiger partial charge in [0.1, 0.15) is 5.75 Å². The van der Waals surface area contributed by atoms with Crippen molar-refractivity contribution in [2.75, 3.05) is 6.54 Å². The molecule has 0 aromatic heterocycles. The predicted octanol–water partition coefficient (Wildman–Crippen LogP) is 2.58. The monoisotopic (exact) mass is 305 g/mol. The Morgan fingerprint density at radius 2 is 1.90 bits per heavy atom. The molecule has 8 heteroatoms. The van der Waals surface area contributed by atoms with E-state index in [9.17, 15) is 27.9 Å². The minimum absolute atomic E-state index is 0.0344. The molecule has 0 saturated heterocycles. The van der Waals surface area contributed by atoms with Gasteiger partial charge >= 0.3 is 12.3 Å². The zero-order valence-corrected chi connectivity index (χ0v) is 11.3. The number of para-hydroxylation sites is 1. The minimum atomic E-state index is -4.95. The Morgan fingerprint density at radius 1 is 1.33 bits per heavy atom. The van der Waals surface area contributed by atoms with E-state index in [-0.39, 0.29) is 12.1 Å². The standard InChI is InChI=1S/C13H14F3NO4/c1-3-17(8(2)18)11(12(19)20)9-6-4-5-7-10(9)21-13(14,15)16/h4-7,11H,3H2,1-2H3,(H,19,20). The summed E-state index contributed by atoms with van der Waals surface area (Å²) in [6.07, 6.45) is -4.95. The van der Waals surface area contributed by atoms with Crippen LogP contribution in [0.3, 0.4) is 0 Å². The van der Waals surface area contributed by atoms with Crippen molar-refractivity contribution < 1.29 is 32.6 Å². The summed E-state index contributed by atoms with van der Waals surface area (Å²) in [4.78, 5) is 23.8. The van der Waals surface area contributed by atoms with Crippen LogP contribution in [0.15, 0.2) is 24.3 Å². The van der Waals surface area contributed by atoms with Crippen molar-refractivity contribution in [2.24, 2.45) is 0 Å². The first-order valence-corrected chi connectivity index (χ1v) is 6.02. The van der Waals surface area contributed by atoms with Gasteiger partial charge in [-0.15, -0.1) is 13.2 Å². The van der Waals surface area contributed by atoms with E-state index < -0.39 is 30.0 Å². The van der Waals surface area contributed by atoms with Gasteiger partial charge in [0.05, 0.1) is 0 Å². The Labute approximate surface area is 118 Å². The van der Waals surface area contributed by atoms with E-state index in [0.29, 0.717) is 0 Å². The second-order valence-corrected chi connectivity index (χ2v) is 4.13. The summed E-state index contributed by atoms with van der Waals surface area (Å²) in [6.45, 7) is 2.71. The molecule has 0 spiro atoms. The van der Waals surface area contributed by atoms with E-state index >= 15 is 0 Å². The highest BCUT2D eigenvalue weighted by atomic mass is 19.4. The van der Waals surface area contributed by atoms with E-state index in [1.165, 1.54) is 25.1 Å².